The SMILES string of the molecule is COc1ccc(CN(CC(F)(F)F)C(=O)c2ccc(S(=O)(=O)N(C)C)cc2)cc1. The lowest BCUT2D eigenvalue weighted by molar-refractivity contribution is -0.141. The normalized spacial score (nSPS) is 12.1. The van der Waals surface area contributed by atoms with Crippen LogP contribution in [0.3, 0.4) is 0 Å². The Hall–Kier alpha value is -2.59. The van der Waals surface area contributed by atoms with E-state index in [1.807, 2.05) is 0 Å². The molecule has 0 saturated heterocycles. The molecule has 0 aliphatic rings. The van der Waals surface area contributed by atoms with Crippen molar-refractivity contribution < 1.29 is 31.1 Å². The van der Waals surface area contributed by atoms with Gasteiger partial charge in [-0.2, -0.15) is 13.2 Å². The first-order valence-corrected chi connectivity index (χ1v) is 9.89. The van der Waals surface area contributed by atoms with Gasteiger partial charge in [0.05, 0.1) is 12.0 Å². The Labute approximate surface area is 167 Å². The van der Waals surface area contributed by atoms with E-state index in [0.29, 0.717) is 16.2 Å². The third-order valence-electron chi connectivity index (χ3n) is 4.07. The summed E-state index contributed by atoms with van der Waals surface area (Å²) in [7, 11) is 0.471. The van der Waals surface area contributed by atoms with Crippen molar-refractivity contribution in [3.63, 3.8) is 0 Å². The maximum Gasteiger partial charge on any atom is 0.406 e. The number of nitrogens with zero attached hydrogens (tertiary/aromatic N) is 2. The summed E-state index contributed by atoms with van der Waals surface area (Å²) in [4.78, 5) is 13.3. The summed E-state index contributed by atoms with van der Waals surface area (Å²) in [5, 5.41) is 0. The second kappa shape index (κ2) is 8.83. The number of halogens is 3. The molecule has 0 spiro atoms. The first kappa shape index (κ1) is 22.7. The molecule has 29 heavy (non-hydrogen) atoms. The molecule has 6 nitrogen and oxygen atoms in total. The highest BCUT2D eigenvalue weighted by Crippen LogP contribution is 2.22. The Morgan fingerprint density at radius 2 is 1.55 bits per heavy atom. The fraction of sp³-hybridized carbons (Fsp3) is 0.316. The summed E-state index contributed by atoms with van der Waals surface area (Å²) >= 11 is 0. The van der Waals surface area contributed by atoms with Gasteiger partial charge in [0, 0.05) is 26.2 Å². The summed E-state index contributed by atoms with van der Waals surface area (Å²) in [5.74, 6) is -0.313. The molecular formula is C19H21F3N2O4S. The van der Waals surface area contributed by atoms with Crippen LogP contribution in [-0.4, -0.2) is 57.5 Å². The minimum atomic E-state index is -4.59. The highest BCUT2D eigenvalue weighted by molar-refractivity contribution is 7.89. The van der Waals surface area contributed by atoms with Crippen molar-refractivity contribution in [2.45, 2.75) is 17.6 Å². The summed E-state index contributed by atoms with van der Waals surface area (Å²) in [6.45, 7) is -1.70. The molecule has 0 aliphatic heterocycles. The topological polar surface area (TPSA) is 66.9 Å². The lowest BCUT2D eigenvalue weighted by Crippen LogP contribution is -2.38. The average Bonchev–Trinajstić information content (AvgIpc) is 2.66. The van der Waals surface area contributed by atoms with Crippen molar-refractivity contribution in [2.75, 3.05) is 27.7 Å². The highest BCUT2D eigenvalue weighted by Gasteiger charge is 2.33. The van der Waals surface area contributed by atoms with Gasteiger partial charge < -0.3 is 9.64 Å². The summed E-state index contributed by atoms with van der Waals surface area (Å²) in [6.07, 6.45) is -4.59. The van der Waals surface area contributed by atoms with Gasteiger partial charge in [-0.05, 0) is 42.0 Å². The monoisotopic (exact) mass is 430 g/mol. The molecule has 10 heteroatoms. The van der Waals surface area contributed by atoms with E-state index in [0.717, 1.165) is 4.31 Å². The molecule has 0 aromatic heterocycles. The van der Waals surface area contributed by atoms with Gasteiger partial charge in [-0.3, -0.25) is 4.79 Å². The van der Waals surface area contributed by atoms with Crippen molar-refractivity contribution in [1.29, 1.82) is 0 Å². The maximum atomic E-state index is 13.0. The van der Waals surface area contributed by atoms with Gasteiger partial charge in [0.1, 0.15) is 12.3 Å². The van der Waals surface area contributed by atoms with Crippen LogP contribution in [0.2, 0.25) is 0 Å². The third-order valence-corrected chi connectivity index (χ3v) is 5.90. The van der Waals surface area contributed by atoms with Gasteiger partial charge in [0.15, 0.2) is 0 Å². The van der Waals surface area contributed by atoms with Crippen molar-refractivity contribution >= 4 is 15.9 Å². The molecular weight excluding hydrogens is 409 g/mol. The van der Waals surface area contributed by atoms with Crippen molar-refractivity contribution in [3.05, 3.63) is 59.7 Å². The number of hydrogen-bond acceptors (Lipinski definition) is 4. The van der Waals surface area contributed by atoms with Gasteiger partial charge in [0.25, 0.3) is 5.91 Å². The van der Waals surface area contributed by atoms with Gasteiger partial charge >= 0.3 is 6.18 Å². The minimum Gasteiger partial charge on any atom is -0.497 e. The molecule has 2 aromatic rings. The number of alkyl halides is 3. The molecule has 0 bridgehead atoms. The van der Waals surface area contributed by atoms with Gasteiger partial charge in [-0.1, -0.05) is 12.1 Å². The predicted molar refractivity (Wildman–Crippen MR) is 101 cm³/mol. The van der Waals surface area contributed by atoms with Crippen LogP contribution in [0.15, 0.2) is 53.4 Å². The molecule has 0 fully saturated rings. The van der Waals surface area contributed by atoms with Crippen molar-refractivity contribution in [2.24, 2.45) is 0 Å². The Kier molecular flexibility index (Phi) is 6.91. The standard InChI is InChI=1S/C19H21F3N2O4S/c1-23(2)29(26,27)17-10-6-15(7-11-17)18(25)24(13-19(20,21)22)12-14-4-8-16(28-3)9-5-14/h4-11H,12-13H2,1-3H3. The second-order valence-electron chi connectivity index (χ2n) is 6.44. The number of benzene rings is 2. The van der Waals surface area contributed by atoms with Crippen LogP contribution in [0.25, 0.3) is 0 Å². The zero-order valence-electron chi connectivity index (χ0n) is 16.1. The van der Waals surface area contributed by atoms with E-state index in [4.69, 9.17) is 4.74 Å². The van der Waals surface area contributed by atoms with Crippen LogP contribution in [0, 0.1) is 0 Å². The van der Waals surface area contributed by atoms with E-state index in [9.17, 15) is 26.4 Å². The van der Waals surface area contributed by atoms with Crippen molar-refractivity contribution in [3.8, 4) is 5.75 Å². The number of sulfonamides is 1. The number of ether oxygens (including phenoxy) is 1. The minimum absolute atomic E-state index is 0.0412. The lowest BCUT2D eigenvalue weighted by atomic mass is 10.1. The quantitative estimate of drug-likeness (QED) is 0.677. The molecule has 0 atom stereocenters. The van der Waals surface area contributed by atoms with E-state index in [-0.39, 0.29) is 17.0 Å². The van der Waals surface area contributed by atoms with Gasteiger partial charge in [0.2, 0.25) is 10.0 Å². The van der Waals surface area contributed by atoms with E-state index in [2.05, 4.69) is 0 Å². The summed E-state index contributed by atoms with van der Waals surface area (Å²) in [6, 6.07) is 11.1. The molecule has 1 amide bonds. The smallest absolute Gasteiger partial charge is 0.406 e. The van der Waals surface area contributed by atoms with E-state index in [1.165, 1.54) is 45.5 Å². The zero-order chi connectivity index (χ0) is 21.8. The van der Waals surface area contributed by atoms with Crippen LogP contribution < -0.4 is 4.74 Å². The fourth-order valence-corrected chi connectivity index (χ4v) is 3.43. The lowest BCUT2D eigenvalue weighted by Gasteiger charge is -2.24. The van der Waals surface area contributed by atoms with E-state index in [1.54, 1.807) is 24.3 Å². The molecule has 0 radical (unpaired) electrons. The fourth-order valence-electron chi connectivity index (χ4n) is 2.53. The van der Waals surface area contributed by atoms with Crippen LogP contribution in [-0.2, 0) is 16.6 Å². The maximum absolute atomic E-state index is 13.0. The second-order valence-corrected chi connectivity index (χ2v) is 8.59. The molecule has 158 valence electrons. The molecule has 2 rings (SSSR count). The number of hydrogen-bond donors (Lipinski definition) is 0. The first-order valence-electron chi connectivity index (χ1n) is 8.45. The Bertz CT molecular complexity index is 941. The number of amides is 1. The van der Waals surface area contributed by atoms with Crippen LogP contribution >= 0.6 is 0 Å². The number of rotatable bonds is 7. The van der Waals surface area contributed by atoms with Crippen LogP contribution in [0.5, 0.6) is 5.75 Å². The number of carbonyl (C=O) groups excluding carboxylic acids is 1. The predicted octanol–water partition coefficient (Wildman–Crippen LogP) is 3.15. The van der Waals surface area contributed by atoms with Crippen LogP contribution in [0.1, 0.15) is 15.9 Å². The Morgan fingerprint density at radius 1 is 1.00 bits per heavy atom. The molecule has 0 heterocycles. The summed E-state index contributed by atoms with van der Waals surface area (Å²) in [5.41, 5.74) is 0.454. The highest BCUT2D eigenvalue weighted by atomic mass is 32.2. The molecule has 2 aromatic carbocycles. The molecule has 0 unspecified atom stereocenters. The summed E-state index contributed by atoms with van der Waals surface area (Å²) < 4.78 is 69.3. The Morgan fingerprint density at radius 3 is 2.00 bits per heavy atom. The first-order chi connectivity index (χ1) is 13.4. The average molecular weight is 430 g/mol. The zero-order valence-corrected chi connectivity index (χ0v) is 16.9. The van der Waals surface area contributed by atoms with E-state index >= 15 is 0 Å². The van der Waals surface area contributed by atoms with Gasteiger partial charge in [-0.25, -0.2) is 12.7 Å². The third kappa shape index (κ3) is 5.94. The Balaban J connectivity index is 2.29. The van der Waals surface area contributed by atoms with Crippen LogP contribution in [0.4, 0.5) is 13.2 Å². The number of methoxy groups -OCH3 is 1. The largest absolute Gasteiger partial charge is 0.497 e. The van der Waals surface area contributed by atoms with Gasteiger partial charge in [-0.15, -0.1) is 0 Å². The van der Waals surface area contributed by atoms with E-state index < -0.39 is 28.7 Å². The van der Waals surface area contributed by atoms with Crippen molar-refractivity contribution in [1.82, 2.24) is 9.21 Å². The number of carbonyl (C=O) groups is 1. The molecule has 0 aliphatic carbocycles. The molecule has 0 N–H and O–H groups in total. The molecule has 0 saturated carbocycles.